The minimum Gasteiger partial charge on any atom is -0.377 e. The third kappa shape index (κ3) is 10.9. The van der Waals surface area contributed by atoms with Gasteiger partial charge in [-0.25, -0.2) is 0 Å². The van der Waals surface area contributed by atoms with Gasteiger partial charge in [-0.3, -0.25) is 4.90 Å². The van der Waals surface area contributed by atoms with Crippen LogP contribution in [0, 0.1) is 0 Å². The molecule has 0 bridgehead atoms. The highest BCUT2D eigenvalue weighted by molar-refractivity contribution is 7.59. The molecule has 0 amide bonds. The number of hydrogen-bond donors (Lipinski definition) is 0. The number of ether oxygens (including phenoxy) is 5. The molecule has 0 aliphatic rings. The zero-order chi connectivity index (χ0) is 24.5. The van der Waals surface area contributed by atoms with Crippen molar-refractivity contribution in [1.82, 2.24) is 4.90 Å². The second kappa shape index (κ2) is 19.9. The average Bonchev–Trinajstić information content (AvgIpc) is 2.81. The smallest absolute Gasteiger partial charge is 0.107 e. The molecule has 0 aromatic rings. The van der Waals surface area contributed by atoms with E-state index in [-0.39, 0.29) is 29.6 Å². The first-order valence-corrected chi connectivity index (χ1v) is 15.7. The van der Waals surface area contributed by atoms with Gasteiger partial charge in [0.15, 0.2) is 0 Å². The van der Waals surface area contributed by atoms with Crippen LogP contribution < -0.4 is 0 Å². The lowest BCUT2D eigenvalue weighted by atomic mass is 10.4. The Morgan fingerprint density at radius 1 is 0.594 bits per heavy atom. The molecule has 0 aliphatic carbocycles. The van der Waals surface area contributed by atoms with E-state index in [2.05, 4.69) is 46.4 Å². The third-order valence-corrected chi connectivity index (χ3v) is 12.9. The molecule has 0 radical (unpaired) electrons. The van der Waals surface area contributed by atoms with Gasteiger partial charge in [-0.1, -0.05) is 27.7 Å². The van der Waals surface area contributed by atoms with Crippen LogP contribution in [-0.2, 0) is 23.7 Å². The Labute approximate surface area is 201 Å². The molecule has 0 aliphatic heterocycles. The van der Waals surface area contributed by atoms with Gasteiger partial charge in [0.1, 0.15) is 6.23 Å². The number of methoxy groups -OCH3 is 4. The Bertz CT molecular complexity index is 363. The SMILES string of the molecule is CCOC(C)N(CCP(C(CC)OC)C(CC)OC)CCP(C(CC)OC)C(CC)OC. The summed E-state index contributed by atoms with van der Waals surface area (Å²) in [6.07, 6.45) is 6.35. The van der Waals surface area contributed by atoms with Crippen molar-refractivity contribution in [2.45, 2.75) is 96.8 Å². The topological polar surface area (TPSA) is 49.4 Å². The summed E-state index contributed by atoms with van der Waals surface area (Å²) in [6.45, 7) is 15.8. The summed E-state index contributed by atoms with van der Waals surface area (Å²) in [7, 11) is 6.55. The van der Waals surface area contributed by atoms with Crippen LogP contribution in [0.15, 0.2) is 0 Å². The molecule has 6 nitrogen and oxygen atoms in total. The van der Waals surface area contributed by atoms with Gasteiger partial charge in [-0.15, -0.1) is 0 Å². The number of nitrogens with zero attached hydrogens (tertiary/aromatic N) is 1. The summed E-state index contributed by atoms with van der Waals surface area (Å²) in [5, 5.41) is 0. The molecule has 32 heavy (non-hydrogen) atoms. The maximum absolute atomic E-state index is 6.04. The van der Waals surface area contributed by atoms with Gasteiger partial charge in [0.05, 0.1) is 23.4 Å². The Kier molecular flexibility index (Phi) is 20.3. The van der Waals surface area contributed by atoms with Crippen molar-refractivity contribution in [2.75, 3.05) is 60.5 Å². The van der Waals surface area contributed by atoms with Gasteiger partial charge < -0.3 is 23.7 Å². The van der Waals surface area contributed by atoms with E-state index in [0.717, 1.165) is 57.7 Å². The van der Waals surface area contributed by atoms with E-state index in [1.165, 1.54) is 0 Å². The number of hydrogen-bond acceptors (Lipinski definition) is 6. The summed E-state index contributed by atoms with van der Waals surface area (Å²) >= 11 is 0. The van der Waals surface area contributed by atoms with E-state index in [1.807, 2.05) is 28.4 Å². The van der Waals surface area contributed by atoms with Gasteiger partial charge >= 0.3 is 0 Å². The molecule has 194 valence electrons. The van der Waals surface area contributed by atoms with Crippen molar-refractivity contribution in [2.24, 2.45) is 0 Å². The molecule has 0 saturated carbocycles. The van der Waals surface area contributed by atoms with Crippen LogP contribution >= 0.6 is 15.8 Å². The van der Waals surface area contributed by atoms with Gasteiger partial charge in [0.25, 0.3) is 0 Å². The van der Waals surface area contributed by atoms with Crippen LogP contribution in [0.1, 0.15) is 67.2 Å². The van der Waals surface area contributed by atoms with E-state index < -0.39 is 15.8 Å². The fourth-order valence-electron chi connectivity index (χ4n) is 4.40. The quantitative estimate of drug-likeness (QED) is 0.140. The van der Waals surface area contributed by atoms with E-state index in [0.29, 0.717) is 0 Å². The van der Waals surface area contributed by atoms with Crippen LogP contribution in [0.4, 0.5) is 0 Å². The van der Waals surface area contributed by atoms with Crippen LogP contribution in [0.5, 0.6) is 0 Å². The molecular weight excluding hydrogens is 444 g/mol. The number of rotatable bonds is 21. The fraction of sp³-hybridized carbons (Fsp3) is 1.00. The summed E-state index contributed by atoms with van der Waals surface area (Å²) in [5.41, 5.74) is 0. The lowest BCUT2D eigenvalue weighted by Gasteiger charge is -2.37. The molecule has 0 spiro atoms. The van der Waals surface area contributed by atoms with Crippen molar-refractivity contribution >= 4 is 15.8 Å². The molecule has 0 saturated heterocycles. The van der Waals surface area contributed by atoms with Crippen molar-refractivity contribution in [3.8, 4) is 0 Å². The molecule has 0 rings (SSSR count). The predicted octanol–water partition coefficient (Wildman–Crippen LogP) is 6.16. The Morgan fingerprint density at radius 2 is 0.906 bits per heavy atom. The summed E-state index contributed by atoms with van der Waals surface area (Å²) in [5.74, 6) is 1.08. The molecule has 0 aromatic heterocycles. The maximum Gasteiger partial charge on any atom is 0.107 e. The van der Waals surface area contributed by atoms with Gasteiger partial charge in [0, 0.05) is 48.1 Å². The minimum absolute atomic E-state index is 0.0872. The average molecular weight is 498 g/mol. The van der Waals surface area contributed by atoms with Gasteiger partial charge in [-0.05, 0) is 67.7 Å². The summed E-state index contributed by atoms with van der Waals surface area (Å²) < 4.78 is 29.5. The van der Waals surface area contributed by atoms with Gasteiger partial charge in [0.2, 0.25) is 0 Å². The zero-order valence-corrected chi connectivity index (χ0v) is 24.4. The molecule has 8 heteroatoms. The van der Waals surface area contributed by atoms with Crippen molar-refractivity contribution in [3.63, 3.8) is 0 Å². The Balaban J connectivity index is 5.48. The molecular formula is C24H53NO5P2. The van der Waals surface area contributed by atoms with E-state index >= 15 is 0 Å². The highest BCUT2D eigenvalue weighted by atomic mass is 31.1. The van der Waals surface area contributed by atoms with Crippen LogP contribution in [0.25, 0.3) is 0 Å². The Hall–Kier alpha value is 0.620. The van der Waals surface area contributed by atoms with E-state index in [9.17, 15) is 0 Å². The standard InChI is InChI=1S/C24H53NO5P2/c1-11-21(26-7)31(22(12-2)27-8)18-16-25(20(6)30-15-5)17-19-32(23(13-3)28-9)24(14-4)29-10/h20-24H,11-19H2,1-10H3. The lowest BCUT2D eigenvalue weighted by Crippen LogP contribution is -2.40. The van der Waals surface area contributed by atoms with Crippen LogP contribution in [0.2, 0.25) is 0 Å². The molecule has 5 atom stereocenters. The van der Waals surface area contributed by atoms with E-state index in [4.69, 9.17) is 23.7 Å². The Morgan fingerprint density at radius 3 is 1.12 bits per heavy atom. The van der Waals surface area contributed by atoms with Crippen LogP contribution in [-0.4, -0.2) is 95.0 Å². The minimum atomic E-state index is -0.404. The summed E-state index contributed by atoms with van der Waals surface area (Å²) in [4.78, 5) is 2.50. The first-order valence-electron chi connectivity index (χ1n) is 12.4. The normalized spacial score (nSPS) is 18.8. The lowest BCUT2D eigenvalue weighted by molar-refractivity contribution is -0.0365. The monoisotopic (exact) mass is 497 g/mol. The van der Waals surface area contributed by atoms with Crippen molar-refractivity contribution in [1.29, 1.82) is 0 Å². The maximum atomic E-state index is 6.04. The fourth-order valence-corrected chi connectivity index (χ4v) is 10.2. The highest BCUT2D eigenvalue weighted by Crippen LogP contribution is 2.51. The molecule has 0 fully saturated rings. The second-order valence-corrected chi connectivity index (χ2v) is 13.2. The second-order valence-electron chi connectivity index (χ2n) is 7.96. The summed E-state index contributed by atoms with van der Waals surface area (Å²) in [6, 6.07) is 0. The first-order chi connectivity index (χ1) is 15.4. The zero-order valence-electron chi connectivity index (χ0n) is 22.6. The molecule has 5 unspecified atom stereocenters. The molecule has 0 N–H and O–H groups in total. The molecule has 0 aromatic carbocycles. The third-order valence-electron chi connectivity index (χ3n) is 6.18. The largest absolute Gasteiger partial charge is 0.377 e. The van der Waals surface area contributed by atoms with E-state index in [1.54, 1.807) is 0 Å². The van der Waals surface area contributed by atoms with Crippen molar-refractivity contribution in [3.05, 3.63) is 0 Å². The first kappa shape index (κ1) is 32.6. The van der Waals surface area contributed by atoms with Gasteiger partial charge in [-0.2, -0.15) is 0 Å². The molecule has 0 heterocycles. The van der Waals surface area contributed by atoms with Crippen LogP contribution in [0.3, 0.4) is 0 Å². The highest BCUT2D eigenvalue weighted by Gasteiger charge is 2.31. The predicted molar refractivity (Wildman–Crippen MR) is 141 cm³/mol. The van der Waals surface area contributed by atoms with Crippen molar-refractivity contribution < 1.29 is 23.7 Å².